The molecule has 0 aromatic heterocycles. The number of hydrogen-bond donors (Lipinski definition) is 1. The van der Waals surface area contributed by atoms with Crippen LogP contribution in [0.4, 0.5) is 15.8 Å². The number of benzene rings is 4. The Kier molecular flexibility index (Phi) is 5.60. The Morgan fingerprint density at radius 2 is 1.73 bits per heavy atom. The fourth-order valence-electron chi connectivity index (χ4n) is 4.05. The van der Waals surface area contributed by atoms with Crippen LogP contribution in [0.15, 0.2) is 84.9 Å². The molecule has 0 spiro atoms. The number of nitrogens with zero attached hydrogens (tertiary/aromatic N) is 1. The molecule has 1 heterocycles. The molecule has 0 aliphatic carbocycles. The maximum atomic E-state index is 14.1. The Morgan fingerprint density at radius 3 is 2.52 bits per heavy atom. The molecule has 2 amide bonds. The monoisotopic (exact) mass is 456 g/mol. The number of hydrogen-bond acceptors (Lipinski definition) is 3. The zero-order valence-electron chi connectivity index (χ0n) is 17.9. The molecule has 33 heavy (non-hydrogen) atoms. The first kappa shape index (κ1) is 21.2. The third-order valence-corrected chi connectivity index (χ3v) is 7.04. The molecule has 1 unspecified atom stereocenters. The minimum Gasteiger partial charge on any atom is -0.322 e. The van der Waals surface area contributed by atoms with E-state index in [-0.39, 0.29) is 23.0 Å². The summed E-state index contributed by atoms with van der Waals surface area (Å²) < 4.78 is 14.1. The van der Waals surface area contributed by atoms with Crippen molar-refractivity contribution in [3.63, 3.8) is 0 Å². The highest BCUT2D eigenvalue weighted by Crippen LogP contribution is 2.43. The first-order valence-electron chi connectivity index (χ1n) is 10.6. The average Bonchev–Trinajstić information content (AvgIpc) is 3.22. The van der Waals surface area contributed by atoms with E-state index >= 15 is 0 Å². The molecule has 1 aliphatic heterocycles. The number of carbonyl (C=O) groups is 2. The highest BCUT2D eigenvalue weighted by Gasteiger charge is 2.35. The first-order chi connectivity index (χ1) is 16.0. The van der Waals surface area contributed by atoms with Crippen LogP contribution in [0.1, 0.15) is 26.9 Å². The lowest BCUT2D eigenvalue weighted by molar-refractivity contribution is -0.115. The molecule has 4 aromatic rings. The third-order valence-electron chi connectivity index (χ3n) is 5.83. The van der Waals surface area contributed by atoms with Crippen LogP contribution >= 0.6 is 11.8 Å². The average molecular weight is 457 g/mol. The number of fused-ring (bicyclic) bond motifs is 1. The molecule has 0 bridgehead atoms. The molecule has 1 saturated heterocycles. The fourth-order valence-corrected chi connectivity index (χ4v) is 5.22. The highest BCUT2D eigenvalue weighted by atomic mass is 32.2. The minimum atomic E-state index is -0.331. The quantitative estimate of drug-likeness (QED) is 0.391. The summed E-state index contributed by atoms with van der Waals surface area (Å²) in [7, 11) is 0. The van der Waals surface area contributed by atoms with Gasteiger partial charge in [0.2, 0.25) is 5.91 Å². The molecule has 5 rings (SSSR count). The van der Waals surface area contributed by atoms with Gasteiger partial charge in [-0.2, -0.15) is 0 Å². The number of anilines is 2. The van der Waals surface area contributed by atoms with Gasteiger partial charge in [-0.25, -0.2) is 4.39 Å². The van der Waals surface area contributed by atoms with Crippen molar-refractivity contribution in [3.05, 3.63) is 107 Å². The summed E-state index contributed by atoms with van der Waals surface area (Å²) in [6, 6.07) is 25.8. The molecule has 1 aliphatic rings. The van der Waals surface area contributed by atoms with Gasteiger partial charge in [0.05, 0.1) is 11.4 Å². The molecule has 4 nitrogen and oxygen atoms in total. The molecule has 1 atom stereocenters. The number of rotatable bonds is 4. The normalized spacial score (nSPS) is 15.8. The molecule has 1 N–H and O–H groups in total. The van der Waals surface area contributed by atoms with Gasteiger partial charge in [-0.05, 0) is 59.7 Å². The first-order valence-corrected chi connectivity index (χ1v) is 11.6. The van der Waals surface area contributed by atoms with Crippen molar-refractivity contribution in [3.8, 4) is 0 Å². The van der Waals surface area contributed by atoms with E-state index in [9.17, 15) is 14.0 Å². The number of nitrogens with one attached hydrogen (secondary N) is 1. The van der Waals surface area contributed by atoms with Crippen LogP contribution in [0.5, 0.6) is 0 Å². The Balaban J connectivity index is 1.35. The maximum Gasteiger partial charge on any atom is 0.255 e. The van der Waals surface area contributed by atoms with Crippen molar-refractivity contribution < 1.29 is 14.0 Å². The highest BCUT2D eigenvalue weighted by molar-refractivity contribution is 8.00. The van der Waals surface area contributed by atoms with Crippen molar-refractivity contribution in [2.75, 3.05) is 16.0 Å². The second-order valence-corrected chi connectivity index (χ2v) is 9.02. The van der Waals surface area contributed by atoms with Gasteiger partial charge in [-0.3, -0.25) is 14.5 Å². The standard InChI is InChI=1S/C27H21FN2O2S/c1-17-23(28)7-4-8-24(17)30-25(31)16-33-27(30)19-11-13-22(14-12-19)29-26(32)21-10-9-18-5-2-3-6-20(18)15-21/h2-15,27H,16H2,1H3,(H,29,32). The Morgan fingerprint density at radius 1 is 0.970 bits per heavy atom. The van der Waals surface area contributed by atoms with Crippen LogP contribution in [0.2, 0.25) is 0 Å². The van der Waals surface area contributed by atoms with E-state index in [4.69, 9.17) is 0 Å². The SMILES string of the molecule is Cc1c(F)cccc1N1C(=O)CSC1c1ccc(NC(=O)c2ccc3ccccc3c2)cc1. The topological polar surface area (TPSA) is 49.4 Å². The molecule has 0 saturated carbocycles. The second-order valence-electron chi connectivity index (χ2n) is 7.95. The van der Waals surface area contributed by atoms with Crippen molar-refractivity contribution >= 4 is 45.7 Å². The van der Waals surface area contributed by atoms with Gasteiger partial charge in [0.25, 0.3) is 5.91 Å². The van der Waals surface area contributed by atoms with Crippen LogP contribution in [0, 0.1) is 12.7 Å². The van der Waals surface area contributed by atoms with Crippen molar-refractivity contribution in [1.29, 1.82) is 0 Å². The van der Waals surface area contributed by atoms with Gasteiger partial charge < -0.3 is 5.32 Å². The van der Waals surface area contributed by atoms with Crippen LogP contribution in [-0.4, -0.2) is 17.6 Å². The third kappa shape index (κ3) is 4.10. The molecule has 1 fully saturated rings. The second kappa shape index (κ2) is 8.71. The largest absolute Gasteiger partial charge is 0.322 e. The van der Waals surface area contributed by atoms with Crippen LogP contribution < -0.4 is 10.2 Å². The maximum absolute atomic E-state index is 14.1. The smallest absolute Gasteiger partial charge is 0.255 e. The summed E-state index contributed by atoms with van der Waals surface area (Å²) in [5.74, 6) is -0.229. The van der Waals surface area contributed by atoms with Gasteiger partial charge in [0.1, 0.15) is 11.2 Å². The molecule has 164 valence electrons. The lowest BCUT2D eigenvalue weighted by Crippen LogP contribution is -2.28. The van der Waals surface area contributed by atoms with E-state index in [0.717, 1.165) is 16.3 Å². The van der Waals surface area contributed by atoms with E-state index in [1.165, 1.54) is 17.8 Å². The van der Waals surface area contributed by atoms with Crippen LogP contribution in [-0.2, 0) is 4.79 Å². The van der Waals surface area contributed by atoms with Gasteiger partial charge in [-0.1, -0.05) is 48.5 Å². The van der Waals surface area contributed by atoms with Crippen LogP contribution in [0.25, 0.3) is 10.8 Å². The van der Waals surface area contributed by atoms with Gasteiger partial charge in [0, 0.05) is 16.8 Å². The number of carbonyl (C=O) groups excluding carboxylic acids is 2. The van der Waals surface area contributed by atoms with E-state index in [2.05, 4.69) is 5.32 Å². The Labute approximate surface area is 195 Å². The van der Waals surface area contributed by atoms with Crippen molar-refractivity contribution in [2.45, 2.75) is 12.3 Å². The van der Waals surface area contributed by atoms with E-state index < -0.39 is 0 Å². The molecule has 6 heteroatoms. The number of amides is 2. The zero-order chi connectivity index (χ0) is 22.9. The summed E-state index contributed by atoms with van der Waals surface area (Å²) in [6.45, 7) is 1.68. The fraction of sp³-hybridized carbons (Fsp3) is 0.111. The molecule has 0 radical (unpaired) electrons. The Bertz CT molecular complexity index is 1370. The van der Waals surface area contributed by atoms with Crippen molar-refractivity contribution in [2.24, 2.45) is 0 Å². The minimum absolute atomic E-state index is 0.0487. The zero-order valence-corrected chi connectivity index (χ0v) is 18.7. The molecular weight excluding hydrogens is 435 g/mol. The van der Waals surface area contributed by atoms with Gasteiger partial charge >= 0.3 is 0 Å². The van der Waals surface area contributed by atoms with Crippen LogP contribution in [0.3, 0.4) is 0 Å². The number of thioether (sulfide) groups is 1. The molecule has 4 aromatic carbocycles. The summed E-state index contributed by atoms with van der Waals surface area (Å²) >= 11 is 1.51. The lowest BCUT2D eigenvalue weighted by Gasteiger charge is -2.26. The lowest BCUT2D eigenvalue weighted by atomic mass is 10.1. The predicted octanol–water partition coefficient (Wildman–Crippen LogP) is 6.32. The molecular formula is C27H21FN2O2S. The van der Waals surface area contributed by atoms with E-state index in [1.807, 2.05) is 66.7 Å². The summed E-state index contributed by atoms with van der Waals surface area (Å²) in [6.07, 6.45) is 0. The van der Waals surface area contributed by atoms with E-state index in [0.29, 0.717) is 28.3 Å². The summed E-state index contributed by atoms with van der Waals surface area (Å²) in [4.78, 5) is 27.0. The van der Waals surface area contributed by atoms with Gasteiger partial charge in [-0.15, -0.1) is 11.8 Å². The summed E-state index contributed by atoms with van der Waals surface area (Å²) in [5.41, 5.74) is 3.21. The predicted molar refractivity (Wildman–Crippen MR) is 132 cm³/mol. The summed E-state index contributed by atoms with van der Waals surface area (Å²) in [5, 5.41) is 4.78. The number of halogens is 1. The van der Waals surface area contributed by atoms with Gasteiger partial charge in [0.15, 0.2) is 0 Å². The van der Waals surface area contributed by atoms with Crippen molar-refractivity contribution in [1.82, 2.24) is 0 Å². The Hall–Kier alpha value is -3.64. The van der Waals surface area contributed by atoms with E-state index in [1.54, 1.807) is 24.0 Å².